The maximum Gasteiger partial charge on any atom is 0.293 e. The van der Waals surface area contributed by atoms with Crippen LogP contribution in [0.2, 0.25) is 0 Å². The van der Waals surface area contributed by atoms with Crippen LogP contribution in [-0.2, 0) is 14.8 Å². The van der Waals surface area contributed by atoms with E-state index in [0.717, 1.165) is 58.5 Å². The molecule has 2 aliphatic heterocycles. The number of piperidine rings is 1. The largest absolute Gasteiger partial charge is 0.379 e. The van der Waals surface area contributed by atoms with Crippen molar-refractivity contribution in [3.63, 3.8) is 0 Å². The van der Waals surface area contributed by atoms with Gasteiger partial charge in [0.05, 0.1) is 29.6 Å². The Morgan fingerprint density at radius 3 is 2.57 bits per heavy atom. The van der Waals surface area contributed by atoms with Gasteiger partial charge in [0.25, 0.3) is 5.69 Å². The number of hydrogen-bond donors (Lipinski definition) is 2. The summed E-state index contributed by atoms with van der Waals surface area (Å²) in [6.45, 7) is 6.06. The van der Waals surface area contributed by atoms with Gasteiger partial charge in [0.1, 0.15) is 18.8 Å². The number of sulfonamides is 1. The van der Waals surface area contributed by atoms with Crippen LogP contribution in [0, 0.1) is 10.1 Å². The molecule has 0 unspecified atom stereocenters. The van der Waals surface area contributed by atoms with Crippen LogP contribution in [0.4, 0.5) is 11.4 Å². The maximum absolute atomic E-state index is 12.8. The van der Waals surface area contributed by atoms with E-state index >= 15 is 0 Å². The van der Waals surface area contributed by atoms with Crippen LogP contribution in [0.25, 0.3) is 0 Å². The Hall–Kier alpha value is -1.75. The van der Waals surface area contributed by atoms with E-state index in [1.807, 2.05) is 0 Å². The number of hydrogen-bond acceptors (Lipinski definition) is 6. The molecule has 0 bridgehead atoms. The number of morpholine rings is 1. The Morgan fingerprint density at radius 2 is 1.89 bits per heavy atom. The molecule has 2 saturated heterocycles. The van der Waals surface area contributed by atoms with Crippen molar-refractivity contribution in [1.29, 1.82) is 0 Å². The fourth-order valence-electron chi connectivity index (χ4n) is 3.70. The first-order valence-electron chi connectivity index (χ1n) is 9.92. The minimum Gasteiger partial charge on any atom is -0.379 e. The molecule has 1 aromatic rings. The highest BCUT2D eigenvalue weighted by atomic mass is 32.2. The number of nitrogens with zero attached hydrogens (tertiary/aromatic N) is 2. The zero-order valence-corrected chi connectivity index (χ0v) is 16.9. The van der Waals surface area contributed by atoms with E-state index in [2.05, 4.69) is 5.32 Å². The topological polar surface area (TPSA) is 106 Å². The second-order valence-electron chi connectivity index (χ2n) is 7.29. The van der Waals surface area contributed by atoms with E-state index in [1.165, 1.54) is 27.4 Å². The zero-order chi connectivity index (χ0) is 20.0. The second-order valence-corrected chi connectivity index (χ2v) is 9.23. The van der Waals surface area contributed by atoms with E-state index in [-0.39, 0.29) is 10.6 Å². The monoisotopic (exact) mass is 413 g/mol. The molecule has 0 aliphatic carbocycles. The Kier molecular flexibility index (Phi) is 7.22. The average molecular weight is 414 g/mol. The van der Waals surface area contributed by atoms with Crippen molar-refractivity contribution in [3.8, 4) is 0 Å². The van der Waals surface area contributed by atoms with Gasteiger partial charge in [-0.25, -0.2) is 8.42 Å². The van der Waals surface area contributed by atoms with Crippen LogP contribution in [0.5, 0.6) is 0 Å². The minimum atomic E-state index is -3.69. The first kappa shape index (κ1) is 21.0. The van der Waals surface area contributed by atoms with Crippen molar-refractivity contribution >= 4 is 21.4 Å². The molecule has 1 aromatic carbocycles. The van der Waals surface area contributed by atoms with Crippen molar-refractivity contribution in [2.75, 3.05) is 57.8 Å². The molecule has 0 atom stereocenters. The molecular formula is C18H29N4O5S+. The lowest BCUT2D eigenvalue weighted by atomic mass is 10.2. The van der Waals surface area contributed by atoms with Crippen LogP contribution < -0.4 is 10.2 Å². The van der Waals surface area contributed by atoms with E-state index < -0.39 is 14.9 Å². The van der Waals surface area contributed by atoms with Crippen LogP contribution in [0.3, 0.4) is 0 Å². The van der Waals surface area contributed by atoms with Gasteiger partial charge < -0.3 is 15.0 Å². The van der Waals surface area contributed by atoms with Gasteiger partial charge >= 0.3 is 0 Å². The third-order valence-electron chi connectivity index (χ3n) is 5.34. The summed E-state index contributed by atoms with van der Waals surface area (Å²) in [4.78, 5) is 12.4. The minimum absolute atomic E-state index is 0.00980. The Balaban J connectivity index is 1.64. The second kappa shape index (κ2) is 9.64. The summed E-state index contributed by atoms with van der Waals surface area (Å²) in [5.74, 6) is 0. The molecule has 2 heterocycles. The number of quaternary nitrogens is 1. The first-order valence-corrected chi connectivity index (χ1v) is 11.4. The van der Waals surface area contributed by atoms with Gasteiger partial charge in [-0.1, -0.05) is 6.42 Å². The fourth-order valence-corrected chi connectivity index (χ4v) is 5.24. The quantitative estimate of drug-likeness (QED) is 0.365. The molecule has 156 valence electrons. The number of benzene rings is 1. The van der Waals surface area contributed by atoms with E-state index in [1.54, 1.807) is 0 Å². The summed E-state index contributed by atoms with van der Waals surface area (Å²) in [7, 11) is -3.69. The highest BCUT2D eigenvalue weighted by Crippen LogP contribution is 2.29. The van der Waals surface area contributed by atoms with Crippen LogP contribution >= 0.6 is 0 Å². The number of nitrogens with one attached hydrogen (secondary N) is 2. The molecule has 10 heteroatoms. The predicted molar refractivity (Wildman–Crippen MR) is 105 cm³/mol. The lowest BCUT2D eigenvalue weighted by Crippen LogP contribution is -3.14. The number of nitro groups is 1. The first-order chi connectivity index (χ1) is 13.5. The summed E-state index contributed by atoms with van der Waals surface area (Å²) < 4.78 is 32.3. The molecule has 2 aliphatic rings. The maximum atomic E-state index is 12.8. The van der Waals surface area contributed by atoms with Gasteiger partial charge in [-0.05, 0) is 25.0 Å². The molecule has 0 spiro atoms. The third kappa shape index (κ3) is 5.19. The van der Waals surface area contributed by atoms with Crippen molar-refractivity contribution < 1.29 is 23.0 Å². The van der Waals surface area contributed by atoms with E-state index in [9.17, 15) is 18.5 Å². The number of ether oxygens (including phenoxy) is 1. The van der Waals surface area contributed by atoms with Crippen LogP contribution in [0.1, 0.15) is 25.7 Å². The van der Waals surface area contributed by atoms with E-state index in [0.29, 0.717) is 25.3 Å². The third-order valence-corrected chi connectivity index (χ3v) is 7.24. The van der Waals surface area contributed by atoms with Crippen molar-refractivity contribution in [1.82, 2.24) is 4.31 Å². The van der Waals surface area contributed by atoms with E-state index in [4.69, 9.17) is 4.74 Å². The Morgan fingerprint density at radius 1 is 1.18 bits per heavy atom. The highest BCUT2D eigenvalue weighted by Gasteiger charge is 2.28. The molecule has 9 nitrogen and oxygen atoms in total. The Labute approximate surface area is 165 Å². The van der Waals surface area contributed by atoms with Crippen LogP contribution in [0.15, 0.2) is 23.1 Å². The predicted octanol–water partition coefficient (Wildman–Crippen LogP) is 0.487. The van der Waals surface area contributed by atoms with Gasteiger partial charge in [0.15, 0.2) is 0 Å². The Bertz CT molecular complexity index is 774. The van der Waals surface area contributed by atoms with Crippen LogP contribution in [-0.4, -0.2) is 70.1 Å². The number of rotatable bonds is 8. The molecule has 0 aromatic heterocycles. The number of nitro benzene ring substituents is 1. The molecule has 28 heavy (non-hydrogen) atoms. The smallest absolute Gasteiger partial charge is 0.293 e. The van der Waals surface area contributed by atoms with Gasteiger partial charge in [-0.15, -0.1) is 0 Å². The zero-order valence-electron chi connectivity index (χ0n) is 16.1. The van der Waals surface area contributed by atoms with Gasteiger partial charge in [-0.3, -0.25) is 10.1 Å². The fraction of sp³-hybridized carbons (Fsp3) is 0.667. The SMILES string of the molecule is O=[N+]([O-])c1cc(S(=O)(=O)N2CCCCC2)ccc1NCCC[NH+]1CCOCC1. The summed E-state index contributed by atoms with van der Waals surface area (Å²) in [5, 5.41) is 14.6. The van der Waals surface area contributed by atoms with Crippen molar-refractivity contribution in [2.45, 2.75) is 30.6 Å². The van der Waals surface area contributed by atoms with Gasteiger partial charge in [0, 0.05) is 32.1 Å². The molecule has 3 rings (SSSR count). The molecule has 0 saturated carbocycles. The summed E-state index contributed by atoms with van der Waals surface area (Å²) in [6.07, 6.45) is 3.54. The molecule has 2 N–H and O–H groups in total. The summed E-state index contributed by atoms with van der Waals surface area (Å²) in [5.41, 5.74) is 0.163. The average Bonchev–Trinajstić information content (AvgIpc) is 2.72. The van der Waals surface area contributed by atoms with Gasteiger partial charge in [0.2, 0.25) is 10.0 Å². The lowest BCUT2D eigenvalue weighted by Gasteiger charge is -2.26. The molecule has 0 radical (unpaired) electrons. The normalized spacial score (nSPS) is 19.4. The van der Waals surface area contributed by atoms with Crippen molar-refractivity contribution in [3.05, 3.63) is 28.3 Å². The van der Waals surface area contributed by atoms with Gasteiger partial charge in [-0.2, -0.15) is 4.31 Å². The lowest BCUT2D eigenvalue weighted by molar-refractivity contribution is -0.908. The molecular weight excluding hydrogens is 384 g/mol. The summed E-state index contributed by atoms with van der Waals surface area (Å²) >= 11 is 0. The molecule has 0 amide bonds. The molecule has 2 fully saturated rings. The van der Waals surface area contributed by atoms with Crippen molar-refractivity contribution in [2.24, 2.45) is 0 Å². The summed E-state index contributed by atoms with van der Waals surface area (Å²) in [6, 6.07) is 4.16. The standard InChI is InChI=1S/C18H28N4O5S/c23-22(24)18-15-16(28(25,26)21-9-2-1-3-10-21)5-6-17(18)19-7-4-8-20-11-13-27-14-12-20/h5-6,15,19H,1-4,7-14H2/p+1. The highest BCUT2D eigenvalue weighted by molar-refractivity contribution is 7.89. The number of anilines is 1.